The molecule has 0 saturated heterocycles. The fraction of sp³-hybridized carbons (Fsp3) is 0.667. The lowest BCUT2D eigenvalue weighted by Crippen LogP contribution is -2.45. The third kappa shape index (κ3) is 2.77. The minimum absolute atomic E-state index is 0.120. The van der Waals surface area contributed by atoms with E-state index in [1.54, 1.807) is 12.5 Å². The summed E-state index contributed by atoms with van der Waals surface area (Å²) in [6.45, 7) is 7.19. The first-order valence-corrected chi connectivity index (χ1v) is 5.72. The van der Waals surface area contributed by atoms with Gasteiger partial charge in [-0.2, -0.15) is 0 Å². The standard InChI is InChI=1S/C12H22N4/c1-5-12(2,3)16(4)11(8-13)10-6-7-14-9-15-10/h6-7,9,11H,5,8,13H2,1-4H3. The van der Waals surface area contributed by atoms with Gasteiger partial charge in [0.15, 0.2) is 0 Å². The fourth-order valence-electron chi connectivity index (χ4n) is 1.65. The van der Waals surface area contributed by atoms with Crippen molar-refractivity contribution in [3.63, 3.8) is 0 Å². The molecule has 0 fully saturated rings. The van der Waals surface area contributed by atoms with Gasteiger partial charge in [-0.15, -0.1) is 0 Å². The van der Waals surface area contributed by atoms with Crippen LogP contribution in [0.5, 0.6) is 0 Å². The second-order valence-electron chi connectivity index (χ2n) is 4.66. The van der Waals surface area contributed by atoms with Crippen LogP contribution in [0.1, 0.15) is 38.9 Å². The minimum Gasteiger partial charge on any atom is -0.329 e. The first-order chi connectivity index (χ1) is 7.53. The van der Waals surface area contributed by atoms with Crippen molar-refractivity contribution in [3.05, 3.63) is 24.3 Å². The van der Waals surface area contributed by atoms with Crippen LogP contribution in [0.25, 0.3) is 0 Å². The van der Waals surface area contributed by atoms with E-state index in [4.69, 9.17) is 5.73 Å². The summed E-state index contributed by atoms with van der Waals surface area (Å²) >= 11 is 0. The molecule has 1 aromatic heterocycles. The van der Waals surface area contributed by atoms with Crippen LogP contribution >= 0.6 is 0 Å². The maximum absolute atomic E-state index is 5.86. The Morgan fingerprint density at radius 1 is 1.50 bits per heavy atom. The van der Waals surface area contributed by atoms with E-state index in [1.165, 1.54) is 0 Å². The van der Waals surface area contributed by atoms with Crippen LogP contribution in [0.15, 0.2) is 18.6 Å². The Balaban J connectivity index is 2.91. The van der Waals surface area contributed by atoms with E-state index in [0.29, 0.717) is 6.54 Å². The summed E-state index contributed by atoms with van der Waals surface area (Å²) < 4.78 is 0. The molecule has 1 rings (SSSR count). The van der Waals surface area contributed by atoms with E-state index in [-0.39, 0.29) is 11.6 Å². The summed E-state index contributed by atoms with van der Waals surface area (Å²) in [4.78, 5) is 10.5. The Hall–Kier alpha value is -1.00. The van der Waals surface area contributed by atoms with E-state index in [0.717, 1.165) is 12.1 Å². The molecular formula is C12H22N4. The van der Waals surface area contributed by atoms with E-state index in [1.807, 2.05) is 6.07 Å². The van der Waals surface area contributed by atoms with E-state index < -0.39 is 0 Å². The van der Waals surface area contributed by atoms with Gasteiger partial charge in [0.05, 0.1) is 11.7 Å². The van der Waals surface area contributed by atoms with Crippen LogP contribution in [0.2, 0.25) is 0 Å². The molecule has 1 heterocycles. The smallest absolute Gasteiger partial charge is 0.115 e. The molecule has 0 aromatic carbocycles. The second kappa shape index (κ2) is 5.37. The summed E-state index contributed by atoms with van der Waals surface area (Å²) in [6.07, 6.45) is 4.41. The summed E-state index contributed by atoms with van der Waals surface area (Å²) in [5, 5.41) is 0. The van der Waals surface area contributed by atoms with E-state index in [9.17, 15) is 0 Å². The van der Waals surface area contributed by atoms with Gasteiger partial charge in [-0.3, -0.25) is 4.90 Å². The highest BCUT2D eigenvalue weighted by atomic mass is 15.2. The molecule has 0 saturated carbocycles. The number of likely N-dealkylation sites (N-methyl/N-ethyl adjacent to an activating group) is 1. The molecule has 1 unspecified atom stereocenters. The van der Waals surface area contributed by atoms with Crippen molar-refractivity contribution in [1.82, 2.24) is 14.9 Å². The third-order valence-electron chi connectivity index (χ3n) is 3.46. The molecule has 2 N–H and O–H groups in total. The number of hydrogen-bond donors (Lipinski definition) is 1. The zero-order valence-electron chi connectivity index (χ0n) is 10.6. The number of nitrogens with two attached hydrogens (primary N) is 1. The average Bonchev–Trinajstić information content (AvgIpc) is 2.31. The van der Waals surface area contributed by atoms with Gasteiger partial charge in [-0.05, 0) is 33.4 Å². The van der Waals surface area contributed by atoms with Crippen molar-refractivity contribution in [2.24, 2.45) is 5.73 Å². The molecule has 0 aliphatic rings. The van der Waals surface area contributed by atoms with E-state index in [2.05, 4.69) is 42.7 Å². The van der Waals surface area contributed by atoms with Gasteiger partial charge >= 0.3 is 0 Å². The zero-order chi connectivity index (χ0) is 12.2. The van der Waals surface area contributed by atoms with Gasteiger partial charge in [0, 0.05) is 18.3 Å². The summed E-state index contributed by atoms with van der Waals surface area (Å²) in [6, 6.07) is 2.08. The molecule has 4 heteroatoms. The molecule has 0 aliphatic carbocycles. The molecule has 0 bridgehead atoms. The number of nitrogens with zero attached hydrogens (tertiary/aromatic N) is 3. The Morgan fingerprint density at radius 3 is 2.62 bits per heavy atom. The van der Waals surface area contributed by atoms with Gasteiger partial charge in [-0.1, -0.05) is 6.92 Å². The molecule has 16 heavy (non-hydrogen) atoms. The van der Waals surface area contributed by atoms with E-state index >= 15 is 0 Å². The second-order valence-corrected chi connectivity index (χ2v) is 4.66. The Morgan fingerprint density at radius 2 is 2.19 bits per heavy atom. The molecular weight excluding hydrogens is 200 g/mol. The molecule has 0 amide bonds. The SMILES string of the molecule is CCC(C)(C)N(C)C(CN)c1ccncn1. The first kappa shape index (κ1) is 13.1. The Bertz CT molecular complexity index is 310. The normalized spacial score (nSPS) is 14.1. The van der Waals surface area contributed by atoms with Crippen LogP contribution in [-0.4, -0.2) is 34.0 Å². The monoisotopic (exact) mass is 222 g/mol. The van der Waals surface area contributed by atoms with Crippen molar-refractivity contribution in [2.45, 2.75) is 38.8 Å². The van der Waals surface area contributed by atoms with Crippen LogP contribution < -0.4 is 5.73 Å². The number of rotatable bonds is 5. The van der Waals surface area contributed by atoms with Crippen LogP contribution in [0.3, 0.4) is 0 Å². The lowest BCUT2D eigenvalue weighted by molar-refractivity contribution is 0.0982. The molecule has 1 atom stereocenters. The van der Waals surface area contributed by atoms with Crippen LogP contribution in [0, 0.1) is 0 Å². The highest BCUT2D eigenvalue weighted by molar-refractivity contribution is 5.07. The predicted octanol–water partition coefficient (Wildman–Crippen LogP) is 1.60. The highest BCUT2D eigenvalue weighted by Gasteiger charge is 2.28. The van der Waals surface area contributed by atoms with Gasteiger partial charge in [0.1, 0.15) is 6.33 Å². The third-order valence-corrected chi connectivity index (χ3v) is 3.46. The summed E-state index contributed by atoms with van der Waals surface area (Å²) in [5.41, 5.74) is 6.96. The van der Waals surface area contributed by atoms with Crippen LogP contribution in [0.4, 0.5) is 0 Å². The molecule has 90 valence electrons. The lowest BCUT2D eigenvalue weighted by Gasteiger charge is -2.40. The maximum Gasteiger partial charge on any atom is 0.115 e. The lowest BCUT2D eigenvalue weighted by atomic mass is 9.96. The van der Waals surface area contributed by atoms with Gasteiger partial charge in [-0.25, -0.2) is 9.97 Å². The average molecular weight is 222 g/mol. The predicted molar refractivity (Wildman–Crippen MR) is 66.0 cm³/mol. The zero-order valence-corrected chi connectivity index (χ0v) is 10.6. The summed E-state index contributed by atoms with van der Waals surface area (Å²) in [5.74, 6) is 0. The van der Waals surface area contributed by atoms with Crippen LogP contribution in [-0.2, 0) is 0 Å². The topological polar surface area (TPSA) is 55.0 Å². The number of hydrogen-bond acceptors (Lipinski definition) is 4. The Kier molecular flexibility index (Phi) is 4.38. The minimum atomic E-state index is 0.120. The maximum atomic E-state index is 5.86. The molecule has 0 radical (unpaired) electrons. The Labute approximate surface area is 97.9 Å². The quantitative estimate of drug-likeness (QED) is 0.822. The van der Waals surface area contributed by atoms with Crippen molar-refractivity contribution in [2.75, 3.05) is 13.6 Å². The van der Waals surface area contributed by atoms with Crippen molar-refractivity contribution < 1.29 is 0 Å². The van der Waals surface area contributed by atoms with Gasteiger partial charge in [0.25, 0.3) is 0 Å². The first-order valence-electron chi connectivity index (χ1n) is 5.72. The molecule has 4 nitrogen and oxygen atoms in total. The summed E-state index contributed by atoms with van der Waals surface area (Å²) in [7, 11) is 2.10. The molecule has 0 spiro atoms. The fourth-order valence-corrected chi connectivity index (χ4v) is 1.65. The van der Waals surface area contributed by atoms with Crippen molar-refractivity contribution in [3.8, 4) is 0 Å². The van der Waals surface area contributed by atoms with Gasteiger partial charge < -0.3 is 5.73 Å². The highest BCUT2D eigenvalue weighted by Crippen LogP contribution is 2.26. The largest absolute Gasteiger partial charge is 0.329 e. The van der Waals surface area contributed by atoms with Crippen molar-refractivity contribution in [1.29, 1.82) is 0 Å². The van der Waals surface area contributed by atoms with Crippen molar-refractivity contribution >= 4 is 0 Å². The van der Waals surface area contributed by atoms with Gasteiger partial charge in [0.2, 0.25) is 0 Å². The molecule has 1 aromatic rings. The number of aromatic nitrogens is 2. The molecule has 0 aliphatic heterocycles.